The van der Waals surface area contributed by atoms with E-state index in [0.717, 1.165) is 38.9 Å². The smallest absolute Gasteiger partial charge is 0.227 e. The Morgan fingerprint density at radius 1 is 1.26 bits per heavy atom. The van der Waals surface area contributed by atoms with Crippen LogP contribution in [0.4, 0.5) is 0 Å². The number of hydrogen-bond donors (Lipinski definition) is 2. The second-order valence-corrected chi connectivity index (χ2v) is 6.57. The molecule has 0 aromatic rings. The molecule has 1 aliphatic heterocycles. The van der Waals surface area contributed by atoms with E-state index >= 15 is 0 Å². The third-order valence-electron chi connectivity index (χ3n) is 5.44. The summed E-state index contributed by atoms with van der Waals surface area (Å²) in [6, 6.07) is 0. The van der Waals surface area contributed by atoms with Crippen LogP contribution in [0.15, 0.2) is 0 Å². The zero-order valence-electron chi connectivity index (χ0n) is 12.7. The molecule has 1 atom stereocenters. The lowest BCUT2D eigenvalue weighted by atomic mass is 9.74. The molecule has 0 aromatic carbocycles. The largest absolute Gasteiger partial charge is 0.354 e. The molecule has 1 aliphatic carbocycles. The molecule has 110 valence electrons. The van der Waals surface area contributed by atoms with E-state index in [4.69, 9.17) is 0 Å². The van der Waals surface area contributed by atoms with Crippen molar-refractivity contribution in [3.05, 3.63) is 0 Å². The molecule has 19 heavy (non-hydrogen) atoms. The second-order valence-electron chi connectivity index (χ2n) is 6.57. The van der Waals surface area contributed by atoms with E-state index in [1.807, 2.05) is 0 Å². The summed E-state index contributed by atoms with van der Waals surface area (Å²) in [4.78, 5) is 14.9. The molecule has 0 bridgehead atoms. The van der Waals surface area contributed by atoms with Crippen molar-refractivity contribution in [1.82, 2.24) is 15.5 Å². The molecule has 2 fully saturated rings. The van der Waals surface area contributed by atoms with Gasteiger partial charge in [-0.25, -0.2) is 0 Å². The van der Waals surface area contributed by atoms with E-state index < -0.39 is 0 Å². The molecular weight excluding hydrogens is 238 g/mol. The first-order chi connectivity index (χ1) is 9.05. The van der Waals surface area contributed by atoms with Crippen molar-refractivity contribution < 1.29 is 4.79 Å². The van der Waals surface area contributed by atoms with Crippen molar-refractivity contribution in [2.45, 2.75) is 51.0 Å². The summed E-state index contributed by atoms with van der Waals surface area (Å²) in [6.07, 6.45) is 6.77. The zero-order chi connectivity index (χ0) is 13.9. The molecule has 4 nitrogen and oxygen atoms in total. The predicted octanol–water partition coefficient (Wildman–Crippen LogP) is 1.37. The average molecular weight is 267 g/mol. The number of amides is 1. The highest BCUT2D eigenvalue weighted by molar-refractivity contribution is 5.83. The molecule has 0 aromatic heterocycles. The Bertz CT molecular complexity index is 317. The van der Waals surface area contributed by atoms with Crippen molar-refractivity contribution in [2.24, 2.45) is 5.41 Å². The predicted molar refractivity (Wildman–Crippen MR) is 78.1 cm³/mol. The first-order valence-electron chi connectivity index (χ1n) is 7.71. The third-order valence-corrected chi connectivity index (χ3v) is 5.44. The fourth-order valence-corrected chi connectivity index (χ4v) is 3.42. The molecular formula is C15H29N3O. The Morgan fingerprint density at radius 2 is 2.00 bits per heavy atom. The Hall–Kier alpha value is -0.610. The fraction of sp³-hybridized carbons (Fsp3) is 0.933. The van der Waals surface area contributed by atoms with Gasteiger partial charge in [0.25, 0.3) is 0 Å². The number of carbonyl (C=O) groups is 1. The normalized spacial score (nSPS) is 29.9. The Labute approximate surface area is 117 Å². The minimum Gasteiger partial charge on any atom is -0.354 e. The van der Waals surface area contributed by atoms with E-state index in [1.165, 1.54) is 19.3 Å². The average Bonchev–Trinajstić information content (AvgIpc) is 2.37. The van der Waals surface area contributed by atoms with Gasteiger partial charge in [-0.15, -0.1) is 0 Å². The summed E-state index contributed by atoms with van der Waals surface area (Å²) in [5.41, 5.74) is 0.0438. The summed E-state index contributed by atoms with van der Waals surface area (Å²) in [6.45, 7) is 4.83. The molecule has 0 radical (unpaired) electrons. The quantitative estimate of drug-likeness (QED) is 0.791. The van der Waals surface area contributed by atoms with E-state index in [1.54, 1.807) is 0 Å². The highest BCUT2D eigenvalue weighted by Gasteiger charge is 2.42. The van der Waals surface area contributed by atoms with Crippen LogP contribution in [0.3, 0.4) is 0 Å². The van der Waals surface area contributed by atoms with E-state index in [-0.39, 0.29) is 16.9 Å². The molecule has 0 spiro atoms. The highest BCUT2D eigenvalue weighted by Crippen LogP contribution is 2.36. The molecule has 1 amide bonds. The monoisotopic (exact) mass is 267 g/mol. The van der Waals surface area contributed by atoms with Gasteiger partial charge in [-0.2, -0.15) is 0 Å². The Morgan fingerprint density at radius 3 is 2.42 bits per heavy atom. The molecule has 2 N–H and O–H groups in total. The molecule has 2 rings (SSSR count). The first kappa shape index (κ1) is 14.8. The van der Waals surface area contributed by atoms with Gasteiger partial charge in [0.2, 0.25) is 5.91 Å². The topological polar surface area (TPSA) is 44.4 Å². The van der Waals surface area contributed by atoms with Gasteiger partial charge in [0.1, 0.15) is 0 Å². The van der Waals surface area contributed by atoms with Crippen molar-refractivity contribution in [3.63, 3.8) is 0 Å². The van der Waals surface area contributed by atoms with Crippen LogP contribution in [0.2, 0.25) is 0 Å². The zero-order valence-corrected chi connectivity index (χ0v) is 12.7. The number of rotatable bonds is 5. The van der Waals surface area contributed by atoms with Gasteiger partial charge in [0.05, 0.1) is 5.41 Å². The molecule has 1 unspecified atom stereocenters. The number of piperidine rings is 1. The van der Waals surface area contributed by atoms with Crippen molar-refractivity contribution in [3.8, 4) is 0 Å². The summed E-state index contributed by atoms with van der Waals surface area (Å²) in [5.74, 6) is 0.260. The summed E-state index contributed by atoms with van der Waals surface area (Å²) < 4.78 is 0. The molecule has 2 aliphatic rings. The fourth-order valence-electron chi connectivity index (χ4n) is 3.42. The van der Waals surface area contributed by atoms with Gasteiger partial charge >= 0.3 is 0 Å². The van der Waals surface area contributed by atoms with Crippen LogP contribution >= 0.6 is 0 Å². The van der Waals surface area contributed by atoms with Crippen LogP contribution in [0.1, 0.15) is 45.4 Å². The van der Waals surface area contributed by atoms with Crippen LogP contribution in [0.5, 0.6) is 0 Å². The van der Waals surface area contributed by atoms with Crippen molar-refractivity contribution in [1.29, 1.82) is 0 Å². The maximum atomic E-state index is 12.6. The lowest BCUT2D eigenvalue weighted by Crippen LogP contribution is -2.59. The van der Waals surface area contributed by atoms with Crippen LogP contribution in [-0.4, -0.2) is 50.1 Å². The number of likely N-dealkylation sites (N-methyl/N-ethyl adjacent to an activating group) is 1. The van der Waals surface area contributed by atoms with Crippen molar-refractivity contribution in [2.75, 3.05) is 33.7 Å². The van der Waals surface area contributed by atoms with E-state index in [0.29, 0.717) is 0 Å². The van der Waals surface area contributed by atoms with Gasteiger partial charge in [-0.1, -0.05) is 6.92 Å². The minimum atomic E-state index is -0.171. The Balaban J connectivity index is 1.92. The van der Waals surface area contributed by atoms with Gasteiger partial charge < -0.3 is 15.5 Å². The molecule has 1 heterocycles. The van der Waals surface area contributed by atoms with Gasteiger partial charge in [-0.3, -0.25) is 4.79 Å². The highest BCUT2D eigenvalue weighted by atomic mass is 16.2. The van der Waals surface area contributed by atoms with Crippen LogP contribution in [-0.2, 0) is 4.79 Å². The maximum Gasteiger partial charge on any atom is 0.227 e. The number of hydrogen-bond acceptors (Lipinski definition) is 3. The minimum absolute atomic E-state index is 0.171. The lowest BCUT2D eigenvalue weighted by molar-refractivity contribution is -0.133. The number of nitrogens with zero attached hydrogens (tertiary/aromatic N) is 1. The summed E-state index contributed by atoms with van der Waals surface area (Å²) in [5, 5.41) is 6.63. The van der Waals surface area contributed by atoms with Gasteiger partial charge in [-0.05, 0) is 59.2 Å². The number of carbonyl (C=O) groups excluding carboxylic acids is 1. The van der Waals surface area contributed by atoms with E-state index in [9.17, 15) is 4.79 Å². The van der Waals surface area contributed by atoms with Crippen LogP contribution in [0, 0.1) is 5.41 Å². The van der Waals surface area contributed by atoms with Crippen LogP contribution < -0.4 is 10.6 Å². The molecule has 4 heteroatoms. The van der Waals surface area contributed by atoms with Gasteiger partial charge in [0, 0.05) is 18.6 Å². The second kappa shape index (κ2) is 5.80. The molecule has 1 saturated heterocycles. The van der Waals surface area contributed by atoms with Crippen LogP contribution in [0.25, 0.3) is 0 Å². The summed E-state index contributed by atoms with van der Waals surface area (Å²) in [7, 11) is 4.26. The van der Waals surface area contributed by atoms with E-state index in [2.05, 4.69) is 36.6 Å². The number of nitrogens with one attached hydrogen (secondary N) is 2. The summed E-state index contributed by atoms with van der Waals surface area (Å²) >= 11 is 0. The first-order valence-corrected chi connectivity index (χ1v) is 7.71. The lowest BCUT2D eigenvalue weighted by Gasteiger charge is -2.48. The Kier molecular flexibility index (Phi) is 4.51. The molecule has 1 saturated carbocycles. The van der Waals surface area contributed by atoms with Crippen molar-refractivity contribution >= 4 is 5.91 Å². The SMILES string of the molecule is CCC1(C(=O)NCC2(N(C)C)CCC2)CCCNC1. The maximum absolute atomic E-state index is 12.6. The standard InChI is InChI=1S/C15H29N3O/c1-4-14(7-6-10-16-11-14)13(19)17-12-15(18(2)3)8-5-9-15/h16H,4-12H2,1-3H3,(H,17,19). The van der Waals surface area contributed by atoms with Gasteiger partial charge in [0.15, 0.2) is 0 Å². The third kappa shape index (κ3) is 2.79.